The van der Waals surface area contributed by atoms with Gasteiger partial charge in [-0.2, -0.15) is 0 Å². The van der Waals surface area contributed by atoms with Gasteiger partial charge in [-0.1, -0.05) is 23.7 Å². The van der Waals surface area contributed by atoms with Crippen LogP contribution in [0, 0.1) is 5.92 Å². The lowest BCUT2D eigenvalue weighted by Crippen LogP contribution is -2.43. The first-order valence-electron chi connectivity index (χ1n) is 10.1. The molecule has 0 bridgehead atoms. The molecule has 2 unspecified atom stereocenters. The standard InChI is InChI=1S/C20H30ClN5O2/c21-16-5-3-14(4-6-16)17-13-18(25-24-17)20(28)23-9-1-2-10-26-11-7-15(8-12-26)19(22)27/h3-6,15,17-18,24-25H,1-2,7-13H2,(H2,22,27)(H,23,28). The second-order valence-electron chi connectivity index (χ2n) is 7.70. The van der Waals surface area contributed by atoms with Crippen molar-refractivity contribution in [3.05, 3.63) is 34.9 Å². The SMILES string of the molecule is NC(=O)C1CCN(CCCCNC(=O)C2CC(c3ccc(Cl)cc3)NN2)CC1. The molecule has 1 aromatic rings. The fourth-order valence-electron chi connectivity index (χ4n) is 3.88. The zero-order chi connectivity index (χ0) is 19.9. The molecular formula is C20H30ClN5O2. The molecule has 3 rings (SSSR count). The van der Waals surface area contributed by atoms with Gasteiger partial charge in [-0.15, -0.1) is 0 Å². The number of rotatable bonds is 8. The van der Waals surface area contributed by atoms with Crippen LogP contribution in [0.3, 0.4) is 0 Å². The first-order chi connectivity index (χ1) is 13.5. The Balaban J connectivity index is 1.28. The van der Waals surface area contributed by atoms with Gasteiger partial charge in [0.1, 0.15) is 6.04 Å². The number of hydrogen-bond acceptors (Lipinski definition) is 5. The molecule has 2 amide bonds. The van der Waals surface area contributed by atoms with Crippen molar-refractivity contribution in [2.45, 2.75) is 44.2 Å². The van der Waals surface area contributed by atoms with Crippen molar-refractivity contribution in [1.29, 1.82) is 0 Å². The summed E-state index contributed by atoms with van der Waals surface area (Å²) in [5.41, 5.74) is 12.8. The quantitative estimate of drug-likeness (QED) is 0.487. The van der Waals surface area contributed by atoms with Gasteiger partial charge in [-0.3, -0.25) is 9.59 Å². The van der Waals surface area contributed by atoms with Gasteiger partial charge in [-0.05, 0) is 69.4 Å². The van der Waals surface area contributed by atoms with Gasteiger partial charge in [0.2, 0.25) is 11.8 Å². The van der Waals surface area contributed by atoms with Crippen LogP contribution < -0.4 is 21.9 Å². The van der Waals surface area contributed by atoms with E-state index in [1.165, 1.54) is 0 Å². The van der Waals surface area contributed by atoms with Crippen LogP contribution in [0.15, 0.2) is 24.3 Å². The molecule has 0 aliphatic carbocycles. The summed E-state index contributed by atoms with van der Waals surface area (Å²) in [5.74, 6) is -0.0957. The Bertz CT molecular complexity index is 661. The number of likely N-dealkylation sites (tertiary alicyclic amines) is 1. The minimum absolute atomic E-state index is 0.0336. The summed E-state index contributed by atoms with van der Waals surface area (Å²) in [7, 11) is 0. The number of unbranched alkanes of at least 4 members (excludes halogenated alkanes) is 1. The van der Waals surface area contributed by atoms with Crippen molar-refractivity contribution in [3.8, 4) is 0 Å². The molecule has 2 aliphatic rings. The lowest BCUT2D eigenvalue weighted by atomic mass is 9.96. The van der Waals surface area contributed by atoms with Gasteiger partial charge >= 0.3 is 0 Å². The number of nitrogens with one attached hydrogen (secondary N) is 3. The molecule has 28 heavy (non-hydrogen) atoms. The van der Waals surface area contributed by atoms with Gasteiger partial charge in [0, 0.05) is 23.5 Å². The molecule has 2 aliphatic heterocycles. The molecule has 0 aromatic heterocycles. The van der Waals surface area contributed by atoms with E-state index in [-0.39, 0.29) is 29.8 Å². The maximum absolute atomic E-state index is 12.4. The number of piperidine rings is 1. The predicted molar refractivity (Wildman–Crippen MR) is 109 cm³/mol. The number of nitrogens with zero attached hydrogens (tertiary/aromatic N) is 1. The number of benzene rings is 1. The predicted octanol–water partition coefficient (Wildman–Crippen LogP) is 1.34. The van der Waals surface area contributed by atoms with Crippen molar-refractivity contribution in [3.63, 3.8) is 0 Å². The fraction of sp³-hybridized carbons (Fsp3) is 0.600. The van der Waals surface area contributed by atoms with Crippen LogP contribution in [0.1, 0.15) is 43.7 Å². The Morgan fingerprint density at radius 2 is 1.86 bits per heavy atom. The molecule has 154 valence electrons. The number of primary amides is 1. The zero-order valence-electron chi connectivity index (χ0n) is 16.1. The highest BCUT2D eigenvalue weighted by molar-refractivity contribution is 6.30. The van der Waals surface area contributed by atoms with E-state index >= 15 is 0 Å². The average molecular weight is 408 g/mol. The van der Waals surface area contributed by atoms with Crippen LogP contribution in [0.2, 0.25) is 5.02 Å². The molecule has 0 spiro atoms. The van der Waals surface area contributed by atoms with E-state index in [9.17, 15) is 9.59 Å². The average Bonchev–Trinajstić information content (AvgIpc) is 3.19. The lowest BCUT2D eigenvalue weighted by molar-refractivity contribution is -0.123. The van der Waals surface area contributed by atoms with Gasteiger partial charge < -0.3 is 16.0 Å². The molecule has 8 heteroatoms. The summed E-state index contributed by atoms with van der Waals surface area (Å²) in [6, 6.07) is 7.57. The van der Waals surface area contributed by atoms with Gasteiger partial charge in [0.25, 0.3) is 0 Å². The summed E-state index contributed by atoms with van der Waals surface area (Å²) in [6.07, 6.45) is 4.41. The topological polar surface area (TPSA) is 99.5 Å². The first-order valence-corrected chi connectivity index (χ1v) is 10.5. The minimum atomic E-state index is -0.228. The van der Waals surface area contributed by atoms with E-state index in [4.69, 9.17) is 17.3 Å². The van der Waals surface area contributed by atoms with Gasteiger partial charge in [0.05, 0.1) is 0 Å². The Morgan fingerprint density at radius 1 is 1.14 bits per heavy atom. The number of hydrogen-bond donors (Lipinski definition) is 4. The molecule has 5 N–H and O–H groups in total. The van der Waals surface area contributed by atoms with Crippen molar-refractivity contribution in [2.75, 3.05) is 26.2 Å². The zero-order valence-corrected chi connectivity index (χ0v) is 16.9. The third kappa shape index (κ3) is 5.91. The highest BCUT2D eigenvalue weighted by Crippen LogP contribution is 2.23. The summed E-state index contributed by atoms with van der Waals surface area (Å²) >= 11 is 5.93. The Labute approximate surface area is 171 Å². The number of carbonyl (C=O) groups excluding carboxylic acids is 2. The van der Waals surface area contributed by atoms with Gasteiger partial charge in [-0.25, -0.2) is 10.9 Å². The first kappa shape index (κ1) is 21.0. The Morgan fingerprint density at radius 3 is 2.54 bits per heavy atom. The molecular weight excluding hydrogens is 378 g/mol. The smallest absolute Gasteiger partial charge is 0.238 e. The molecule has 2 fully saturated rings. The molecule has 0 radical (unpaired) electrons. The summed E-state index contributed by atoms with van der Waals surface area (Å²) in [6.45, 7) is 3.55. The normalized spacial score (nSPS) is 23.6. The van der Waals surface area contributed by atoms with Crippen LogP contribution in [0.25, 0.3) is 0 Å². The summed E-state index contributed by atoms with van der Waals surface area (Å²) in [5, 5.41) is 3.73. The van der Waals surface area contributed by atoms with Crippen LogP contribution in [0.4, 0.5) is 0 Å². The van der Waals surface area contributed by atoms with Crippen LogP contribution >= 0.6 is 11.6 Å². The van der Waals surface area contributed by atoms with Crippen LogP contribution in [0.5, 0.6) is 0 Å². The molecule has 1 aromatic carbocycles. The van der Waals surface area contributed by atoms with Crippen LogP contribution in [-0.2, 0) is 9.59 Å². The summed E-state index contributed by atoms with van der Waals surface area (Å²) < 4.78 is 0. The number of halogens is 1. The third-order valence-electron chi connectivity index (χ3n) is 5.68. The van der Waals surface area contributed by atoms with E-state index < -0.39 is 0 Å². The molecule has 2 saturated heterocycles. The lowest BCUT2D eigenvalue weighted by Gasteiger charge is -2.30. The monoisotopic (exact) mass is 407 g/mol. The van der Waals surface area contributed by atoms with Gasteiger partial charge in [0.15, 0.2) is 0 Å². The molecule has 2 heterocycles. The van der Waals surface area contributed by atoms with E-state index in [2.05, 4.69) is 21.1 Å². The third-order valence-corrected chi connectivity index (χ3v) is 5.93. The van der Waals surface area contributed by atoms with Crippen molar-refractivity contribution < 1.29 is 9.59 Å². The minimum Gasteiger partial charge on any atom is -0.369 e. The second-order valence-corrected chi connectivity index (χ2v) is 8.13. The van der Waals surface area contributed by atoms with Crippen molar-refractivity contribution in [2.24, 2.45) is 11.7 Å². The largest absolute Gasteiger partial charge is 0.369 e. The number of hydrazine groups is 1. The molecule has 2 atom stereocenters. The molecule has 7 nitrogen and oxygen atoms in total. The van der Waals surface area contributed by atoms with Crippen molar-refractivity contribution in [1.82, 2.24) is 21.1 Å². The number of nitrogens with two attached hydrogens (primary N) is 1. The Kier molecular flexibility index (Phi) is 7.67. The van der Waals surface area contributed by atoms with E-state index in [0.29, 0.717) is 18.0 Å². The maximum Gasteiger partial charge on any atom is 0.238 e. The van der Waals surface area contributed by atoms with Crippen molar-refractivity contribution >= 4 is 23.4 Å². The highest BCUT2D eigenvalue weighted by Gasteiger charge is 2.29. The second kappa shape index (κ2) is 10.2. The van der Waals surface area contributed by atoms with E-state index in [1.807, 2.05) is 24.3 Å². The van der Waals surface area contributed by atoms with E-state index in [0.717, 1.165) is 50.9 Å². The van der Waals surface area contributed by atoms with Crippen LogP contribution in [-0.4, -0.2) is 48.9 Å². The summed E-state index contributed by atoms with van der Waals surface area (Å²) in [4.78, 5) is 25.9. The van der Waals surface area contributed by atoms with E-state index in [1.54, 1.807) is 0 Å². The molecule has 0 saturated carbocycles. The number of carbonyl (C=O) groups is 2. The fourth-order valence-corrected chi connectivity index (χ4v) is 4.00. The number of amides is 2. The maximum atomic E-state index is 12.4. The highest BCUT2D eigenvalue weighted by atomic mass is 35.5. The Hall–Kier alpha value is -1.67.